The van der Waals surface area contributed by atoms with E-state index >= 15 is 0 Å². The van der Waals surface area contributed by atoms with Gasteiger partial charge in [-0.1, -0.05) is 29.0 Å². The van der Waals surface area contributed by atoms with Crippen LogP contribution >= 0.6 is 11.3 Å². The fourth-order valence-corrected chi connectivity index (χ4v) is 5.85. The van der Waals surface area contributed by atoms with E-state index in [0.29, 0.717) is 35.0 Å². The first-order valence-corrected chi connectivity index (χ1v) is 13.1. The number of esters is 1. The van der Waals surface area contributed by atoms with Crippen molar-refractivity contribution in [1.29, 1.82) is 0 Å². The summed E-state index contributed by atoms with van der Waals surface area (Å²) in [6.45, 7) is 2.60. The summed E-state index contributed by atoms with van der Waals surface area (Å²) in [5.41, 5.74) is 1.63. The first-order chi connectivity index (χ1) is 16.3. The van der Waals surface area contributed by atoms with Crippen LogP contribution in [-0.2, 0) is 30.7 Å². The van der Waals surface area contributed by atoms with Crippen molar-refractivity contribution in [3.8, 4) is 11.5 Å². The van der Waals surface area contributed by atoms with Gasteiger partial charge in [0.1, 0.15) is 19.8 Å². The van der Waals surface area contributed by atoms with Crippen LogP contribution in [0.5, 0.6) is 11.5 Å². The minimum absolute atomic E-state index is 0.0414. The summed E-state index contributed by atoms with van der Waals surface area (Å²) in [5, 5.41) is 0. The molecule has 0 saturated heterocycles. The number of carbonyl (C=O) groups is 2. The number of fused-ring (bicyclic) bond motifs is 2. The third kappa shape index (κ3) is 5.31. The lowest BCUT2D eigenvalue weighted by Gasteiger charge is -2.18. The highest BCUT2D eigenvalue weighted by Gasteiger charge is 2.19. The molecule has 0 spiro atoms. The van der Waals surface area contributed by atoms with E-state index in [0.717, 1.165) is 10.3 Å². The normalized spacial score (nSPS) is 13.8. The molecule has 1 aromatic heterocycles. The molecule has 0 unspecified atom stereocenters. The third-order valence-corrected chi connectivity index (χ3v) is 8.12. The minimum atomic E-state index is -3.49. The molecule has 180 valence electrons. The molecule has 0 radical (unpaired) electrons. The summed E-state index contributed by atoms with van der Waals surface area (Å²) in [5.74, 6) is 0.0146. The van der Waals surface area contributed by atoms with Gasteiger partial charge in [0.25, 0.3) is 0 Å². The van der Waals surface area contributed by atoms with Crippen molar-refractivity contribution in [2.75, 3.05) is 26.1 Å². The Kier molecular flexibility index (Phi) is 7.03. The molecule has 1 aliphatic rings. The number of sulfone groups is 1. The molecule has 0 N–H and O–H groups in total. The van der Waals surface area contributed by atoms with Crippen LogP contribution in [-0.4, -0.2) is 50.9 Å². The van der Waals surface area contributed by atoms with Crippen molar-refractivity contribution in [1.82, 2.24) is 4.57 Å². The maximum atomic E-state index is 12.6. The van der Waals surface area contributed by atoms with Crippen LogP contribution in [0.1, 0.15) is 18.4 Å². The number of methoxy groups -OCH3 is 1. The van der Waals surface area contributed by atoms with Crippen molar-refractivity contribution < 1.29 is 32.2 Å². The van der Waals surface area contributed by atoms with Gasteiger partial charge in [-0.25, -0.2) is 8.42 Å². The molecule has 0 aliphatic carbocycles. The molecular weight excluding hydrogens is 480 g/mol. The summed E-state index contributed by atoms with van der Waals surface area (Å²) in [6, 6.07) is 10.2. The SMILES string of the molecule is COC(=O)Cn1c(=NC(=O)CCCS(=O)(=O)c2ccc(C)cc2)sc2cc3c(cc21)OCCO3. The lowest BCUT2D eigenvalue weighted by Crippen LogP contribution is -2.22. The molecule has 11 heteroatoms. The Balaban J connectivity index is 1.56. The van der Waals surface area contributed by atoms with Crippen LogP contribution in [0.2, 0.25) is 0 Å². The minimum Gasteiger partial charge on any atom is -0.486 e. The Hall–Kier alpha value is -3.18. The second-order valence-electron chi connectivity index (χ2n) is 7.75. The Morgan fingerprint density at radius 1 is 1.12 bits per heavy atom. The van der Waals surface area contributed by atoms with Crippen LogP contribution in [0.25, 0.3) is 10.2 Å². The number of hydrogen-bond donors (Lipinski definition) is 0. The van der Waals surface area contributed by atoms with Crippen molar-refractivity contribution in [3.05, 3.63) is 46.8 Å². The van der Waals surface area contributed by atoms with Gasteiger partial charge in [-0.05, 0) is 25.5 Å². The van der Waals surface area contributed by atoms with Gasteiger partial charge >= 0.3 is 5.97 Å². The number of aromatic nitrogens is 1. The van der Waals surface area contributed by atoms with Crippen molar-refractivity contribution in [2.24, 2.45) is 4.99 Å². The second-order valence-corrected chi connectivity index (χ2v) is 10.9. The smallest absolute Gasteiger partial charge is 0.325 e. The molecule has 9 nitrogen and oxygen atoms in total. The first-order valence-electron chi connectivity index (χ1n) is 10.6. The molecule has 1 aliphatic heterocycles. The van der Waals surface area contributed by atoms with E-state index in [9.17, 15) is 18.0 Å². The Labute approximate surface area is 200 Å². The van der Waals surface area contributed by atoms with Crippen LogP contribution in [0, 0.1) is 6.92 Å². The maximum Gasteiger partial charge on any atom is 0.325 e. The Bertz CT molecular complexity index is 1400. The number of rotatable bonds is 7. The van der Waals surface area contributed by atoms with E-state index in [1.54, 1.807) is 41.0 Å². The number of amides is 1. The van der Waals surface area contributed by atoms with E-state index in [1.807, 2.05) is 6.92 Å². The summed E-state index contributed by atoms with van der Waals surface area (Å²) in [4.78, 5) is 29.3. The highest BCUT2D eigenvalue weighted by molar-refractivity contribution is 7.91. The number of hydrogen-bond acceptors (Lipinski definition) is 8. The first kappa shape index (κ1) is 24.0. The topological polar surface area (TPSA) is 113 Å². The zero-order chi connectivity index (χ0) is 24.3. The molecule has 2 heterocycles. The number of carbonyl (C=O) groups excluding carboxylic acids is 2. The highest BCUT2D eigenvalue weighted by Crippen LogP contribution is 2.35. The standard InChI is InChI=1S/C23H24N2O7S2/c1-15-5-7-16(8-6-15)34(28,29)11-3-4-21(26)24-23-25(14-22(27)30-2)17-12-18-19(13-20(17)33-23)32-10-9-31-18/h5-8,12-13H,3-4,9-11,14H2,1-2H3. The summed E-state index contributed by atoms with van der Waals surface area (Å²) >= 11 is 1.23. The van der Waals surface area contributed by atoms with Crippen LogP contribution < -0.4 is 14.3 Å². The third-order valence-electron chi connectivity index (χ3n) is 5.27. The Morgan fingerprint density at radius 2 is 1.79 bits per heavy atom. The molecule has 2 aromatic carbocycles. The van der Waals surface area contributed by atoms with Crippen LogP contribution in [0.4, 0.5) is 0 Å². The largest absolute Gasteiger partial charge is 0.486 e. The van der Waals surface area contributed by atoms with Crippen molar-refractivity contribution >= 4 is 43.3 Å². The van der Waals surface area contributed by atoms with Crippen LogP contribution in [0.15, 0.2) is 46.3 Å². The van der Waals surface area contributed by atoms with E-state index in [2.05, 4.69) is 4.99 Å². The van der Waals surface area contributed by atoms with Crippen LogP contribution in [0.3, 0.4) is 0 Å². The van der Waals surface area contributed by atoms with E-state index < -0.39 is 21.7 Å². The molecule has 0 atom stereocenters. The average Bonchev–Trinajstić information content (AvgIpc) is 3.13. The zero-order valence-electron chi connectivity index (χ0n) is 18.8. The predicted molar refractivity (Wildman–Crippen MR) is 126 cm³/mol. The van der Waals surface area contributed by atoms with E-state index in [1.165, 1.54) is 18.4 Å². The molecule has 4 rings (SSSR count). The van der Waals surface area contributed by atoms with E-state index in [-0.39, 0.29) is 30.0 Å². The van der Waals surface area contributed by atoms with Crippen molar-refractivity contribution in [2.45, 2.75) is 31.2 Å². The summed E-state index contributed by atoms with van der Waals surface area (Å²) in [6.07, 6.45) is 0.0939. The molecule has 0 fully saturated rings. The molecule has 3 aromatic rings. The fraction of sp³-hybridized carbons (Fsp3) is 0.348. The maximum absolute atomic E-state index is 12.6. The van der Waals surface area contributed by atoms with Gasteiger partial charge in [0.15, 0.2) is 26.1 Å². The van der Waals surface area contributed by atoms with Gasteiger partial charge in [-0.3, -0.25) is 9.59 Å². The molecule has 0 bridgehead atoms. The Morgan fingerprint density at radius 3 is 2.47 bits per heavy atom. The molecular formula is C23H24N2O7S2. The predicted octanol–water partition coefficient (Wildman–Crippen LogP) is 2.64. The monoisotopic (exact) mass is 504 g/mol. The lowest BCUT2D eigenvalue weighted by atomic mass is 10.2. The van der Waals surface area contributed by atoms with Gasteiger partial charge < -0.3 is 18.8 Å². The molecule has 1 amide bonds. The quantitative estimate of drug-likeness (QED) is 0.455. The number of ether oxygens (including phenoxy) is 3. The van der Waals surface area contributed by atoms with Gasteiger partial charge in [0.2, 0.25) is 5.91 Å². The number of aryl methyl sites for hydroxylation is 1. The zero-order valence-corrected chi connectivity index (χ0v) is 20.4. The summed E-state index contributed by atoms with van der Waals surface area (Å²) in [7, 11) is -2.20. The van der Waals surface area contributed by atoms with Gasteiger partial charge in [0, 0.05) is 18.6 Å². The number of thiazole rings is 1. The highest BCUT2D eigenvalue weighted by atomic mass is 32.2. The number of nitrogens with zero attached hydrogens (tertiary/aromatic N) is 2. The van der Waals surface area contributed by atoms with Crippen molar-refractivity contribution in [3.63, 3.8) is 0 Å². The van der Waals surface area contributed by atoms with E-state index in [4.69, 9.17) is 14.2 Å². The number of benzene rings is 2. The van der Waals surface area contributed by atoms with Gasteiger partial charge in [-0.2, -0.15) is 4.99 Å². The van der Waals surface area contributed by atoms with Gasteiger partial charge in [-0.15, -0.1) is 0 Å². The van der Waals surface area contributed by atoms with Gasteiger partial charge in [0.05, 0.1) is 28.0 Å². The molecule has 0 saturated carbocycles. The average molecular weight is 505 g/mol. The lowest BCUT2D eigenvalue weighted by molar-refractivity contribution is -0.141. The second kappa shape index (κ2) is 9.98. The molecule has 34 heavy (non-hydrogen) atoms. The fourth-order valence-electron chi connectivity index (χ4n) is 3.48. The summed E-state index contributed by atoms with van der Waals surface area (Å²) < 4.78 is 43.4.